The number of benzene rings is 1. The normalized spacial score (nSPS) is 12.1. The third kappa shape index (κ3) is 3.04. The van der Waals surface area contributed by atoms with E-state index in [9.17, 15) is 4.79 Å². The number of aliphatic hydroxyl groups excluding tert-OH is 1. The van der Waals surface area contributed by atoms with Crippen LogP contribution in [0.2, 0.25) is 0 Å². The number of hydrogen-bond donors (Lipinski definition) is 3. The summed E-state index contributed by atoms with van der Waals surface area (Å²) in [5.74, 6) is -0.671. The van der Waals surface area contributed by atoms with Gasteiger partial charge >= 0.3 is 5.97 Å². The molecule has 0 spiro atoms. The fraction of sp³-hybridized carbons (Fsp3) is 0.222. The van der Waals surface area contributed by atoms with Crippen LogP contribution in [0.25, 0.3) is 0 Å². The quantitative estimate of drug-likeness (QED) is 0.580. The van der Waals surface area contributed by atoms with Gasteiger partial charge < -0.3 is 15.1 Å². The van der Waals surface area contributed by atoms with Crippen LogP contribution in [0.15, 0.2) is 30.3 Å². The van der Waals surface area contributed by atoms with Crippen LogP contribution >= 0.6 is 0 Å². The third-order valence-electron chi connectivity index (χ3n) is 1.54. The Morgan fingerprint density at radius 3 is 2.57 bits per heavy atom. The van der Waals surface area contributed by atoms with E-state index in [1.807, 2.05) is 6.07 Å². The first-order valence-electron chi connectivity index (χ1n) is 4.05. The predicted molar refractivity (Wildman–Crippen MR) is 48.7 cm³/mol. The minimum atomic E-state index is -1.16. The van der Waals surface area contributed by atoms with Crippen molar-refractivity contribution < 1.29 is 19.8 Å². The Kier molecular flexibility index (Phi) is 3.90. The van der Waals surface area contributed by atoms with E-state index in [0.717, 1.165) is 0 Å². The van der Waals surface area contributed by atoms with Gasteiger partial charge in [0.2, 0.25) is 0 Å². The zero-order chi connectivity index (χ0) is 10.4. The van der Waals surface area contributed by atoms with Gasteiger partial charge in [0, 0.05) is 0 Å². The molecular formula is C9H11NO4. The molecule has 0 saturated carbocycles. The van der Waals surface area contributed by atoms with Crippen LogP contribution in [0.4, 0.5) is 0 Å². The van der Waals surface area contributed by atoms with E-state index in [-0.39, 0.29) is 0 Å². The fourth-order valence-electron chi connectivity index (χ4n) is 0.793. The first kappa shape index (κ1) is 10.5. The summed E-state index contributed by atoms with van der Waals surface area (Å²) in [6.07, 6.45) is 0. The second-order valence-corrected chi connectivity index (χ2v) is 2.61. The van der Waals surface area contributed by atoms with Crippen molar-refractivity contribution >= 4 is 5.97 Å². The van der Waals surface area contributed by atoms with Crippen molar-refractivity contribution in [3.8, 4) is 5.75 Å². The van der Waals surface area contributed by atoms with E-state index >= 15 is 0 Å². The van der Waals surface area contributed by atoms with Crippen molar-refractivity contribution in [1.29, 1.82) is 0 Å². The van der Waals surface area contributed by atoms with Gasteiger partial charge in [-0.3, -0.25) is 4.79 Å². The lowest BCUT2D eigenvalue weighted by atomic mass is 10.3. The Balaban J connectivity index is 2.44. The molecule has 0 unspecified atom stereocenters. The number of aliphatic carboxylic acids is 1. The molecule has 0 aromatic heterocycles. The highest BCUT2D eigenvalue weighted by Gasteiger charge is 2.15. The van der Waals surface area contributed by atoms with Gasteiger partial charge in [-0.1, -0.05) is 18.2 Å². The van der Waals surface area contributed by atoms with Gasteiger partial charge in [-0.15, -0.1) is 5.48 Å². The van der Waals surface area contributed by atoms with Gasteiger partial charge in [-0.25, -0.2) is 0 Å². The number of nitrogens with one attached hydrogen (secondary N) is 1. The maximum Gasteiger partial charge on any atom is 0.326 e. The Morgan fingerprint density at radius 1 is 1.43 bits per heavy atom. The molecule has 3 N–H and O–H groups in total. The van der Waals surface area contributed by atoms with Gasteiger partial charge in [0.1, 0.15) is 5.75 Å². The summed E-state index contributed by atoms with van der Waals surface area (Å²) in [6, 6.07) is 7.55. The van der Waals surface area contributed by atoms with Gasteiger partial charge in [0.05, 0.1) is 6.61 Å². The lowest BCUT2D eigenvalue weighted by Crippen LogP contribution is -2.41. The first-order valence-corrected chi connectivity index (χ1v) is 4.05. The Morgan fingerprint density at radius 2 is 2.07 bits per heavy atom. The number of carbonyl (C=O) groups is 1. The summed E-state index contributed by atoms with van der Waals surface area (Å²) in [7, 11) is 0. The van der Waals surface area contributed by atoms with Crippen LogP contribution < -0.4 is 10.3 Å². The molecule has 5 nitrogen and oxygen atoms in total. The SMILES string of the molecule is O=C(O)[C@H](CO)NOc1ccccc1. The van der Waals surface area contributed by atoms with Crippen molar-refractivity contribution in [2.45, 2.75) is 6.04 Å². The second-order valence-electron chi connectivity index (χ2n) is 2.61. The third-order valence-corrected chi connectivity index (χ3v) is 1.54. The average molecular weight is 197 g/mol. The number of rotatable bonds is 5. The molecule has 1 aromatic rings. The molecule has 0 aliphatic carbocycles. The predicted octanol–water partition coefficient (Wildman–Crippen LogP) is 0.0155. The highest BCUT2D eigenvalue weighted by Crippen LogP contribution is 2.06. The molecule has 5 heteroatoms. The highest BCUT2D eigenvalue weighted by atomic mass is 16.7. The summed E-state index contributed by atoms with van der Waals surface area (Å²) in [5, 5.41) is 17.2. The van der Waals surface area contributed by atoms with Gasteiger partial charge in [0.25, 0.3) is 0 Å². The van der Waals surface area contributed by atoms with Gasteiger partial charge in [-0.05, 0) is 12.1 Å². The van der Waals surface area contributed by atoms with E-state index in [2.05, 4.69) is 5.48 Å². The number of para-hydroxylation sites is 1. The van der Waals surface area contributed by atoms with E-state index in [1.54, 1.807) is 24.3 Å². The Bertz CT molecular complexity index is 288. The zero-order valence-corrected chi connectivity index (χ0v) is 7.38. The topological polar surface area (TPSA) is 78.8 Å². The molecule has 0 aliphatic heterocycles. The fourth-order valence-corrected chi connectivity index (χ4v) is 0.793. The lowest BCUT2D eigenvalue weighted by Gasteiger charge is -2.11. The second kappa shape index (κ2) is 5.21. The van der Waals surface area contributed by atoms with E-state index in [1.165, 1.54) is 0 Å². The van der Waals surface area contributed by atoms with Gasteiger partial charge in [0.15, 0.2) is 6.04 Å². The molecule has 1 rings (SSSR count). The molecule has 76 valence electrons. The van der Waals surface area contributed by atoms with E-state index < -0.39 is 18.6 Å². The van der Waals surface area contributed by atoms with Crippen molar-refractivity contribution in [1.82, 2.24) is 5.48 Å². The smallest absolute Gasteiger partial charge is 0.326 e. The highest BCUT2D eigenvalue weighted by molar-refractivity contribution is 5.73. The molecule has 0 heterocycles. The van der Waals surface area contributed by atoms with Crippen molar-refractivity contribution in [2.24, 2.45) is 0 Å². The minimum absolute atomic E-state index is 0.493. The molecule has 14 heavy (non-hydrogen) atoms. The zero-order valence-electron chi connectivity index (χ0n) is 7.38. The molecule has 1 aromatic carbocycles. The molecule has 0 amide bonds. The van der Waals surface area contributed by atoms with Crippen LogP contribution in [0.1, 0.15) is 0 Å². The maximum absolute atomic E-state index is 10.4. The Labute approximate surface area is 80.9 Å². The largest absolute Gasteiger partial charge is 0.480 e. The number of aliphatic hydroxyl groups is 1. The summed E-state index contributed by atoms with van der Waals surface area (Å²) >= 11 is 0. The van der Waals surface area contributed by atoms with E-state index in [0.29, 0.717) is 5.75 Å². The van der Waals surface area contributed by atoms with E-state index in [4.69, 9.17) is 15.1 Å². The van der Waals surface area contributed by atoms with Crippen LogP contribution in [0, 0.1) is 0 Å². The average Bonchev–Trinajstić information content (AvgIpc) is 2.20. The maximum atomic E-state index is 10.4. The summed E-state index contributed by atoms with van der Waals surface area (Å²) in [5.41, 5.74) is 2.24. The molecule has 0 radical (unpaired) electrons. The molecule has 0 saturated heterocycles. The standard InChI is InChI=1S/C9H11NO4/c11-6-8(9(12)13)10-14-7-4-2-1-3-5-7/h1-5,8,10-11H,6H2,(H,12,13)/t8-/m0/s1. The van der Waals surface area contributed by atoms with Crippen molar-refractivity contribution in [3.05, 3.63) is 30.3 Å². The van der Waals surface area contributed by atoms with Crippen LogP contribution in [0.5, 0.6) is 5.75 Å². The lowest BCUT2D eigenvalue weighted by molar-refractivity contribution is -0.143. The monoisotopic (exact) mass is 197 g/mol. The first-order chi connectivity index (χ1) is 6.74. The number of hydrogen-bond acceptors (Lipinski definition) is 4. The van der Waals surface area contributed by atoms with Crippen LogP contribution in [-0.4, -0.2) is 28.8 Å². The van der Waals surface area contributed by atoms with Crippen molar-refractivity contribution in [3.63, 3.8) is 0 Å². The van der Waals surface area contributed by atoms with Crippen molar-refractivity contribution in [2.75, 3.05) is 6.61 Å². The molecule has 1 atom stereocenters. The Hall–Kier alpha value is -1.59. The van der Waals surface area contributed by atoms with Crippen LogP contribution in [-0.2, 0) is 4.79 Å². The molecule has 0 bridgehead atoms. The summed E-state index contributed by atoms with van der Waals surface area (Å²) in [4.78, 5) is 15.4. The molecule has 0 aliphatic rings. The molecular weight excluding hydrogens is 186 g/mol. The number of carboxylic acid groups (broad SMARTS) is 1. The van der Waals surface area contributed by atoms with Gasteiger partial charge in [-0.2, -0.15) is 0 Å². The number of hydroxylamine groups is 1. The number of carboxylic acids is 1. The summed E-state index contributed by atoms with van der Waals surface area (Å²) < 4.78 is 0. The van der Waals surface area contributed by atoms with Crippen LogP contribution in [0.3, 0.4) is 0 Å². The minimum Gasteiger partial charge on any atom is -0.480 e. The summed E-state index contributed by atoms with van der Waals surface area (Å²) in [6.45, 7) is -0.526. The molecule has 0 fully saturated rings.